The van der Waals surface area contributed by atoms with E-state index in [1.54, 1.807) is 19.1 Å². The molecule has 88 valence electrons. The molecule has 0 N–H and O–H groups in total. The van der Waals surface area contributed by atoms with Gasteiger partial charge in [0, 0.05) is 0 Å². The smallest absolute Gasteiger partial charge is 0.339 e. The summed E-state index contributed by atoms with van der Waals surface area (Å²) in [5.74, 6) is 0.260. The Bertz CT molecular complexity index is 391. The second kappa shape index (κ2) is 6.25. The van der Waals surface area contributed by atoms with E-state index in [9.17, 15) is 4.79 Å². The molecule has 0 aliphatic heterocycles. The molecule has 3 nitrogen and oxygen atoms in total. The standard InChI is InChI=1S/C11H12Br2O3/c1-3-15-10-8(12)6-5-7(9(10)13)11(14)16-4-2/h5-6H,3-4H2,1-2H3. The van der Waals surface area contributed by atoms with E-state index in [0.29, 0.717) is 29.0 Å². The third kappa shape index (κ3) is 2.98. The van der Waals surface area contributed by atoms with Crippen LogP contribution in [0.25, 0.3) is 0 Å². The SMILES string of the molecule is CCOC(=O)c1ccc(Br)c(OCC)c1Br. The van der Waals surface area contributed by atoms with Gasteiger partial charge in [-0.1, -0.05) is 0 Å². The van der Waals surface area contributed by atoms with Crippen LogP contribution in [0.5, 0.6) is 5.75 Å². The van der Waals surface area contributed by atoms with Crippen LogP contribution < -0.4 is 4.74 Å². The van der Waals surface area contributed by atoms with Crippen molar-refractivity contribution in [2.24, 2.45) is 0 Å². The predicted molar refractivity (Wildman–Crippen MR) is 69.0 cm³/mol. The molecule has 0 aliphatic rings. The fourth-order valence-corrected chi connectivity index (χ4v) is 2.51. The first kappa shape index (κ1) is 13.5. The quantitative estimate of drug-likeness (QED) is 0.774. The van der Waals surface area contributed by atoms with Gasteiger partial charge in [-0.3, -0.25) is 0 Å². The summed E-state index contributed by atoms with van der Waals surface area (Å²) in [4.78, 5) is 11.6. The van der Waals surface area contributed by atoms with Crippen molar-refractivity contribution in [3.8, 4) is 5.75 Å². The molecule has 1 rings (SSSR count). The van der Waals surface area contributed by atoms with Crippen LogP contribution in [-0.4, -0.2) is 19.2 Å². The monoisotopic (exact) mass is 350 g/mol. The van der Waals surface area contributed by atoms with E-state index in [1.165, 1.54) is 0 Å². The average Bonchev–Trinajstić information content (AvgIpc) is 2.24. The van der Waals surface area contributed by atoms with Gasteiger partial charge in [-0.25, -0.2) is 4.79 Å². The van der Waals surface area contributed by atoms with Crippen molar-refractivity contribution in [3.05, 3.63) is 26.6 Å². The van der Waals surface area contributed by atoms with E-state index in [1.807, 2.05) is 6.92 Å². The minimum absolute atomic E-state index is 0.352. The molecule has 5 heteroatoms. The van der Waals surface area contributed by atoms with Gasteiger partial charge in [-0.15, -0.1) is 0 Å². The first-order valence-electron chi connectivity index (χ1n) is 4.89. The van der Waals surface area contributed by atoms with E-state index in [2.05, 4.69) is 31.9 Å². The van der Waals surface area contributed by atoms with Crippen molar-refractivity contribution in [2.45, 2.75) is 13.8 Å². The van der Waals surface area contributed by atoms with Crippen LogP contribution in [0.4, 0.5) is 0 Å². The van der Waals surface area contributed by atoms with Crippen LogP contribution in [0.1, 0.15) is 24.2 Å². The Morgan fingerprint density at radius 2 is 1.94 bits per heavy atom. The Kier molecular flexibility index (Phi) is 5.28. The Labute approximate surface area is 111 Å². The Morgan fingerprint density at radius 3 is 2.50 bits per heavy atom. The van der Waals surface area contributed by atoms with Crippen LogP contribution in [-0.2, 0) is 4.74 Å². The maximum atomic E-state index is 11.6. The molecule has 0 aromatic heterocycles. The number of carbonyl (C=O) groups is 1. The van der Waals surface area contributed by atoms with Crippen LogP contribution >= 0.6 is 31.9 Å². The molecule has 0 bridgehead atoms. The summed E-state index contributed by atoms with van der Waals surface area (Å²) in [7, 11) is 0. The van der Waals surface area contributed by atoms with Crippen LogP contribution in [0, 0.1) is 0 Å². The second-order valence-corrected chi connectivity index (χ2v) is 4.54. The maximum absolute atomic E-state index is 11.6. The lowest BCUT2D eigenvalue weighted by atomic mass is 10.2. The second-order valence-electron chi connectivity index (χ2n) is 2.89. The zero-order valence-electron chi connectivity index (χ0n) is 9.05. The van der Waals surface area contributed by atoms with Crippen LogP contribution in [0.2, 0.25) is 0 Å². The molecule has 16 heavy (non-hydrogen) atoms. The summed E-state index contributed by atoms with van der Waals surface area (Å²) < 4.78 is 11.8. The molecule has 0 aliphatic carbocycles. The summed E-state index contributed by atoms with van der Waals surface area (Å²) in [6, 6.07) is 3.46. The molecule has 1 aromatic rings. The first-order valence-corrected chi connectivity index (χ1v) is 6.48. The molecular weight excluding hydrogens is 340 g/mol. The Morgan fingerprint density at radius 1 is 1.25 bits per heavy atom. The van der Waals surface area contributed by atoms with Gasteiger partial charge in [0.1, 0.15) is 5.75 Å². The summed E-state index contributed by atoms with van der Waals surface area (Å²) in [5, 5.41) is 0. The van der Waals surface area contributed by atoms with E-state index < -0.39 is 0 Å². The summed E-state index contributed by atoms with van der Waals surface area (Å²) >= 11 is 6.71. The molecule has 0 fully saturated rings. The van der Waals surface area contributed by atoms with Crippen molar-refractivity contribution in [1.29, 1.82) is 0 Å². The van der Waals surface area contributed by atoms with Gasteiger partial charge < -0.3 is 9.47 Å². The topological polar surface area (TPSA) is 35.5 Å². The van der Waals surface area contributed by atoms with E-state index >= 15 is 0 Å². The molecule has 0 atom stereocenters. The molecular formula is C11H12Br2O3. The highest BCUT2D eigenvalue weighted by Gasteiger charge is 2.17. The highest BCUT2D eigenvalue weighted by Crippen LogP contribution is 2.36. The predicted octanol–water partition coefficient (Wildman–Crippen LogP) is 3.79. The van der Waals surface area contributed by atoms with Crippen LogP contribution in [0.15, 0.2) is 21.1 Å². The van der Waals surface area contributed by atoms with Crippen molar-refractivity contribution in [2.75, 3.05) is 13.2 Å². The molecule has 0 heterocycles. The number of benzene rings is 1. The third-order valence-corrected chi connectivity index (χ3v) is 3.24. The first-order chi connectivity index (χ1) is 7.61. The molecule has 0 unspecified atom stereocenters. The minimum atomic E-state index is -0.358. The lowest BCUT2D eigenvalue weighted by Gasteiger charge is -2.11. The number of hydrogen-bond donors (Lipinski definition) is 0. The van der Waals surface area contributed by atoms with Crippen LogP contribution in [0.3, 0.4) is 0 Å². The summed E-state index contributed by atoms with van der Waals surface area (Å²) in [6.07, 6.45) is 0. The van der Waals surface area contributed by atoms with E-state index in [0.717, 1.165) is 4.47 Å². The molecule has 1 aromatic carbocycles. The lowest BCUT2D eigenvalue weighted by Crippen LogP contribution is -2.07. The number of ether oxygens (including phenoxy) is 2. The fraction of sp³-hybridized carbons (Fsp3) is 0.364. The van der Waals surface area contributed by atoms with Crippen molar-refractivity contribution in [1.82, 2.24) is 0 Å². The van der Waals surface area contributed by atoms with Crippen molar-refractivity contribution < 1.29 is 14.3 Å². The summed E-state index contributed by atoms with van der Waals surface area (Å²) in [6.45, 7) is 4.54. The summed E-state index contributed by atoms with van der Waals surface area (Å²) in [5.41, 5.74) is 0.466. The third-order valence-electron chi connectivity index (χ3n) is 1.83. The van der Waals surface area contributed by atoms with Gasteiger partial charge in [-0.2, -0.15) is 0 Å². The average molecular weight is 352 g/mol. The lowest BCUT2D eigenvalue weighted by molar-refractivity contribution is 0.0524. The maximum Gasteiger partial charge on any atom is 0.339 e. The van der Waals surface area contributed by atoms with Crippen molar-refractivity contribution in [3.63, 3.8) is 0 Å². The minimum Gasteiger partial charge on any atom is -0.491 e. The van der Waals surface area contributed by atoms with Gasteiger partial charge in [0.15, 0.2) is 0 Å². The number of halogens is 2. The zero-order chi connectivity index (χ0) is 12.1. The molecule has 0 spiro atoms. The number of carbonyl (C=O) groups excluding carboxylic acids is 1. The molecule has 0 amide bonds. The number of esters is 1. The van der Waals surface area contributed by atoms with Crippen molar-refractivity contribution >= 4 is 37.8 Å². The van der Waals surface area contributed by atoms with Gasteiger partial charge in [0.25, 0.3) is 0 Å². The highest BCUT2D eigenvalue weighted by molar-refractivity contribution is 9.11. The van der Waals surface area contributed by atoms with Gasteiger partial charge in [0.2, 0.25) is 0 Å². The highest BCUT2D eigenvalue weighted by atomic mass is 79.9. The fourth-order valence-electron chi connectivity index (χ4n) is 1.18. The number of hydrogen-bond acceptors (Lipinski definition) is 3. The van der Waals surface area contributed by atoms with E-state index in [-0.39, 0.29) is 5.97 Å². The molecule has 0 saturated carbocycles. The molecule has 0 saturated heterocycles. The van der Waals surface area contributed by atoms with Gasteiger partial charge in [0.05, 0.1) is 27.7 Å². The normalized spacial score (nSPS) is 10.0. The zero-order valence-corrected chi connectivity index (χ0v) is 12.2. The van der Waals surface area contributed by atoms with Gasteiger partial charge >= 0.3 is 5.97 Å². The van der Waals surface area contributed by atoms with Gasteiger partial charge in [-0.05, 0) is 57.8 Å². The Hall–Kier alpha value is -0.550. The number of rotatable bonds is 4. The van der Waals surface area contributed by atoms with E-state index in [4.69, 9.17) is 9.47 Å². The largest absolute Gasteiger partial charge is 0.491 e. The molecule has 0 radical (unpaired) electrons. The Balaban J connectivity index is 3.12.